The highest BCUT2D eigenvalue weighted by atomic mass is 32.1. The van der Waals surface area contributed by atoms with Crippen molar-refractivity contribution in [2.75, 3.05) is 4.90 Å². The van der Waals surface area contributed by atoms with Crippen molar-refractivity contribution in [3.05, 3.63) is 212 Å². The van der Waals surface area contributed by atoms with E-state index in [-0.39, 0.29) is 0 Å². The van der Waals surface area contributed by atoms with Crippen molar-refractivity contribution in [3.63, 3.8) is 0 Å². The molecule has 0 N–H and O–H groups in total. The summed E-state index contributed by atoms with van der Waals surface area (Å²) in [5.41, 5.74) is 8.27. The molecule has 0 fully saturated rings. The molecule has 1 heterocycles. The number of nitrogens with zero attached hydrogens (tertiary/aromatic N) is 1. The van der Waals surface area contributed by atoms with Gasteiger partial charge >= 0.3 is 0 Å². The first-order valence-electron chi connectivity index (χ1n) is 20.7. The van der Waals surface area contributed by atoms with Gasteiger partial charge in [-0.05, 0) is 129 Å². The molecule has 0 radical (unpaired) electrons. The van der Waals surface area contributed by atoms with Crippen LogP contribution in [0.5, 0.6) is 0 Å². The first kappa shape index (κ1) is 33.5. The topological polar surface area (TPSA) is 3.24 Å². The molecule has 0 spiro atoms. The quantitative estimate of drug-likeness (QED) is 0.157. The van der Waals surface area contributed by atoms with Crippen molar-refractivity contribution in [2.24, 2.45) is 0 Å². The van der Waals surface area contributed by atoms with Gasteiger partial charge in [0.25, 0.3) is 0 Å². The molecular formula is C58H35NS. The smallest absolute Gasteiger partial charge is 0.0554 e. The minimum atomic E-state index is 1.12. The Balaban J connectivity index is 1.10. The largest absolute Gasteiger partial charge is 0.310 e. The van der Waals surface area contributed by atoms with Crippen LogP contribution in [0.25, 0.3) is 107 Å². The Morgan fingerprint density at radius 1 is 0.267 bits per heavy atom. The maximum absolute atomic E-state index is 2.50. The van der Waals surface area contributed by atoms with E-state index in [1.165, 1.54) is 113 Å². The number of anilines is 3. The fraction of sp³-hybridized carbons (Fsp3) is 0. The standard InChI is InChI=1S/C58H35NS/c1-2-10-36(11-3-1)37-22-24-38(25-23-37)39-30-32-44(33-31-39)59(51-19-9-21-53-58(51)49-15-4-5-20-52(49)60-53)45-34-43-29-28-42-13-7-17-47-46-16-6-12-40-26-27-41-14-8-18-48(56(41)54(40)46)50(35-45)57(43)55(42)47/h1-35H. The van der Waals surface area contributed by atoms with Crippen LogP contribution in [0.4, 0.5) is 17.1 Å². The maximum atomic E-state index is 2.50. The molecular weight excluding hydrogens is 743 g/mol. The summed E-state index contributed by atoms with van der Waals surface area (Å²) in [5, 5.41) is 18.0. The molecule has 0 saturated carbocycles. The molecule has 1 nitrogen and oxygen atoms in total. The summed E-state index contributed by atoms with van der Waals surface area (Å²) < 4.78 is 2.58. The molecule has 278 valence electrons. The average Bonchev–Trinajstić information content (AvgIpc) is 3.70. The Morgan fingerprint density at radius 3 is 1.37 bits per heavy atom. The van der Waals surface area contributed by atoms with Crippen molar-refractivity contribution in [1.82, 2.24) is 0 Å². The van der Waals surface area contributed by atoms with Gasteiger partial charge < -0.3 is 4.90 Å². The molecule has 0 amide bonds. The van der Waals surface area contributed by atoms with Gasteiger partial charge in [-0.15, -0.1) is 11.3 Å². The van der Waals surface area contributed by atoms with Crippen LogP contribution < -0.4 is 4.90 Å². The third-order valence-corrected chi connectivity index (χ3v) is 13.9. The predicted octanol–water partition coefficient (Wildman–Crippen LogP) is 17.2. The van der Waals surface area contributed by atoms with Gasteiger partial charge in [-0.1, -0.05) is 170 Å². The zero-order valence-corrected chi connectivity index (χ0v) is 33.4. The summed E-state index contributed by atoms with van der Waals surface area (Å²) in [6, 6.07) is 79.0. The molecule has 1 aromatic heterocycles. The lowest BCUT2D eigenvalue weighted by Gasteiger charge is -2.28. The van der Waals surface area contributed by atoms with E-state index in [0.29, 0.717) is 0 Å². The molecule has 12 aromatic carbocycles. The number of hydrogen-bond donors (Lipinski definition) is 0. The van der Waals surface area contributed by atoms with Crippen LogP contribution in [-0.4, -0.2) is 0 Å². The Kier molecular flexibility index (Phi) is 7.24. The van der Waals surface area contributed by atoms with Crippen molar-refractivity contribution in [3.8, 4) is 22.3 Å². The number of benzene rings is 11. The number of thiophene rings is 1. The molecule has 0 aliphatic heterocycles. The van der Waals surface area contributed by atoms with E-state index in [2.05, 4.69) is 217 Å². The Bertz CT molecular complexity index is 3800. The van der Waals surface area contributed by atoms with E-state index >= 15 is 0 Å². The summed E-state index contributed by atoms with van der Waals surface area (Å²) in [6.45, 7) is 0. The highest BCUT2D eigenvalue weighted by molar-refractivity contribution is 7.26. The second kappa shape index (κ2) is 13.0. The minimum absolute atomic E-state index is 1.12. The van der Waals surface area contributed by atoms with Gasteiger partial charge in [-0.2, -0.15) is 0 Å². The monoisotopic (exact) mass is 777 g/mol. The van der Waals surface area contributed by atoms with Crippen LogP contribution in [0, 0.1) is 0 Å². The zero-order valence-electron chi connectivity index (χ0n) is 32.6. The first-order valence-corrected chi connectivity index (χ1v) is 21.5. The molecule has 0 unspecified atom stereocenters. The van der Waals surface area contributed by atoms with Gasteiger partial charge in [0.2, 0.25) is 0 Å². The summed E-state index contributed by atoms with van der Waals surface area (Å²) in [4.78, 5) is 2.50. The van der Waals surface area contributed by atoms with Gasteiger partial charge in [0, 0.05) is 31.5 Å². The van der Waals surface area contributed by atoms with Crippen molar-refractivity contribution in [2.45, 2.75) is 0 Å². The van der Waals surface area contributed by atoms with E-state index in [1.807, 2.05) is 11.3 Å². The van der Waals surface area contributed by atoms with Gasteiger partial charge in [0.05, 0.1) is 5.69 Å². The van der Waals surface area contributed by atoms with Gasteiger partial charge in [-0.3, -0.25) is 0 Å². The maximum Gasteiger partial charge on any atom is 0.0554 e. The predicted molar refractivity (Wildman–Crippen MR) is 261 cm³/mol. The van der Waals surface area contributed by atoms with Crippen LogP contribution in [0.2, 0.25) is 0 Å². The van der Waals surface area contributed by atoms with Crippen LogP contribution in [-0.2, 0) is 0 Å². The molecule has 13 aromatic rings. The van der Waals surface area contributed by atoms with Crippen molar-refractivity contribution < 1.29 is 0 Å². The van der Waals surface area contributed by atoms with E-state index < -0.39 is 0 Å². The summed E-state index contributed by atoms with van der Waals surface area (Å²) in [6.07, 6.45) is 0. The molecule has 0 saturated heterocycles. The molecule has 0 atom stereocenters. The fourth-order valence-electron chi connectivity index (χ4n) is 10.1. The molecule has 0 aliphatic carbocycles. The highest BCUT2D eigenvalue weighted by Gasteiger charge is 2.22. The Hall–Kier alpha value is -7.52. The zero-order chi connectivity index (χ0) is 39.3. The Morgan fingerprint density at radius 2 is 0.733 bits per heavy atom. The molecule has 2 heteroatoms. The van der Waals surface area contributed by atoms with Crippen molar-refractivity contribution >= 4 is 113 Å². The van der Waals surface area contributed by atoms with Gasteiger partial charge in [0.15, 0.2) is 0 Å². The van der Waals surface area contributed by atoms with Gasteiger partial charge in [0.1, 0.15) is 0 Å². The van der Waals surface area contributed by atoms with Crippen molar-refractivity contribution in [1.29, 1.82) is 0 Å². The number of hydrogen-bond acceptors (Lipinski definition) is 2. The van der Waals surface area contributed by atoms with Crippen LogP contribution in [0.1, 0.15) is 0 Å². The number of rotatable bonds is 5. The average molecular weight is 778 g/mol. The van der Waals surface area contributed by atoms with Gasteiger partial charge in [-0.25, -0.2) is 0 Å². The minimum Gasteiger partial charge on any atom is -0.310 e. The van der Waals surface area contributed by atoms with E-state index in [4.69, 9.17) is 0 Å². The SMILES string of the molecule is c1ccc(-c2ccc(-c3ccc(N(c4cc5ccc6cccc7c8cccc9ccc%10cccc(c(c4)c5c67)c%10c98)c4cccc5sc6ccccc6c45)cc3)cc2)cc1. The first-order chi connectivity index (χ1) is 29.7. The third-order valence-electron chi connectivity index (χ3n) is 12.7. The summed E-state index contributed by atoms with van der Waals surface area (Å²) >= 11 is 1.87. The lowest BCUT2D eigenvalue weighted by molar-refractivity contribution is 1.31. The summed E-state index contributed by atoms with van der Waals surface area (Å²) in [5.74, 6) is 0. The van der Waals surface area contributed by atoms with Crippen LogP contribution in [0.15, 0.2) is 212 Å². The molecule has 13 rings (SSSR count). The van der Waals surface area contributed by atoms with E-state index in [1.54, 1.807) is 0 Å². The van der Waals surface area contributed by atoms with Crippen LogP contribution in [0.3, 0.4) is 0 Å². The second-order valence-corrected chi connectivity index (χ2v) is 17.1. The number of fused-ring (bicyclic) bond motifs is 5. The van der Waals surface area contributed by atoms with E-state index in [9.17, 15) is 0 Å². The molecule has 0 bridgehead atoms. The molecule has 60 heavy (non-hydrogen) atoms. The highest BCUT2D eigenvalue weighted by Crippen LogP contribution is 2.49. The lowest BCUT2D eigenvalue weighted by atomic mass is 9.87. The Labute approximate surface area is 350 Å². The fourth-order valence-corrected chi connectivity index (χ4v) is 11.2. The lowest BCUT2D eigenvalue weighted by Crippen LogP contribution is -2.10. The molecule has 0 aliphatic rings. The third kappa shape index (κ3) is 4.98. The normalized spacial score (nSPS) is 12.0. The van der Waals surface area contributed by atoms with Crippen LogP contribution >= 0.6 is 11.3 Å². The van der Waals surface area contributed by atoms with E-state index in [0.717, 1.165) is 11.4 Å². The second-order valence-electron chi connectivity index (χ2n) is 16.0. The summed E-state index contributed by atoms with van der Waals surface area (Å²) in [7, 11) is 0.